The van der Waals surface area contributed by atoms with E-state index >= 15 is 0 Å². The second-order valence-corrected chi connectivity index (χ2v) is 7.17. The number of carbonyl (C=O) groups excluding carboxylic acids is 4. The van der Waals surface area contributed by atoms with Crippen molar-refractivity contribution in [1.29, 1.82) is 0 Å². The second kappa shape index (κ2) is 10.0. The van der Waals surface area contributed by atoms with Crippen molar-refractivity contribution in [2.75, 3.05) is 5.32 Å². The number of nitrogens with one attached hydrogen (secondary N) is 3. The molecule has 4 N–H and O–H groups in total. The SMILES string of the molecule is C#C[C@H](NC(=O)C(=O)Nc1ccccc1C(C)(C)C)C(=O)N[C@H](C=O)CC(=O)O. The van der Waals surface area contributed by atoms with Crippen LogP contribution in [-0.4, -0.2) is 47.2 Å². The average molecular weight is 401 g/mol. The highest BCUT2D eigenvalue weighted by atomic mass is 16.4. The van der Waals surface area contributed by atoms with E-state index in [0.717, 1.165) is 5.56 Å². The zero-order valence-electron chi connectivity index (χ0n) is 16.3. The molecule has 29 heavy (non-hydrogen) atoms. The molecule has 9 heteroatoms. The van der Waals surface area contributed by atoms with E-state index in [0.29, 0.717) is 5.69 Å². The molecule has 9 nitrogen and oxygen atoms in total. The van der Waals surface area contributed by atoms with Gasteiger partial charge in [0.05, 0.1) is 12.5 Å². The monoisotopic (exact) mass is 401 g/mol. The highest BCUT2D eigenvalue weighted by Gasteiger charge is 2.26. The average Bonchev–Trinajstić information content (AvgIpc) is 2.64. The molecule has 0 radical (unpaired) electrons. The summed E-state index contributed by atoms with van der Waals surface area (Å²) in [6, 6.07) is 4.06. The lowest BCUT2D eigenvalue weighted by Gasteiger charge is -2.23. The molecule has 0 aromatic heterocycles. The van der Waals surface area contributed by atoms with E-state index < -0.39 is 42.2 Å². The Hall–Kier alpha value is -3.67. The van der Waals surface area contributed by atoms with Crippen LogP contribution in [0, 0.1) is 12.3 Å². The fourth-order valence-electron chi connectivity index (χ4n) is 2.39. The van der Waals surface area contributed by atoms with Crippen LogP contribution in [0.25, 0.3) is 0 Å². The summed E-state index contributed by atoms with van der Waals surface area (Å²) in [5.41, 5.74) is 0.939. The van der Waals surface area contributed by atoms with Crippen LogP contribution < -0.4 is 16.0 Å². The number of hydrogen-bond acceptors (Lipinski definition) is 5. The van der Waals surface area contributed by atoms with Gasteiger partial charge in [0.15, 0.2) is 6.04 Å². The largest absolute Gasteiger partial charge is 0.481 e. The van der Waals surface area contributed by atoms with E-state index in [1.807, 2.05) is 32.8 Å². The Balaban J connectivity index is 2.82. The maximum absolute atomic E-state index is 12.2. The van der Waals surface area contributed by atoms with Gasteiger partial charge in [0.2, 0.25) is 0 Å². The Morgan fingerprint density at radius 1 is 1.14 bits per heavy atom. The number of aldehydes is 1. The fourth-order valence-corrected chi connectivity index (χ4v) is 2.39. The van der Waals surface area contributed by atoms with Crippen LogP contribution in [0.1, 0.15) is 32.8 Å². The molecule has 0 aliphatic heterocycles. The number of amides is 3. The molecular weight excluding hydrogens is 378 g/mol. The van der Waals surface area contributed by atoms with Crippen LogP contribution in [-0.2, 0) is 29.4 Å². The maximum Gasteiger partial charge on any atom is 0.313 e. The van der Waals surface area contributed by atoms with Crippen LogP contribution in [0.4, 0.5) is 5.69 Å². The van der Waals surface area contributed by atoms with Crippen LogP contribution in [0.3, 0.4) is 0 Å². The number of benzene rings is 1. The first-order valence-corrected chi connectivity index (χ1v) is 8.64. The summed E-state index contributed by atoms with van der Waals surface area (Å²) < 4.78 is 0. The molecule has 0 fully saturated rings. The van der Waals surface area contributed by atoms with Gasteiger partial charge in [0.1, 0.15) is 6.29 Å². The molecule has 0 heterocycles. The zero-order chi connectivity index (χ0) is 22.2. The van der Waals surface area contributed by atoms with Crippen LogP contribution in [0.5, 0.6) is 0 Å². The van der Waals surface area contributed by atoms with E-state index in [1.165, 1.54) is 0 Å². The first-order chi connectivity index (χ1) is 13.5. The van der Waals surface area contributed by atoms with Crippen molar-refractivity contribution in [3.63, 3.8) is 0 Å². The lowest BCUT2D eigenvalue weighted by molar-refractivity contribution is -0.139. The maximum atomic E-state index is 12.2. The topological polar surface area (TPSA) is 142 Å². The van der Waals surface area contributed by atoms with Crippen LogP contribution in [0.2, 0.25) is 0 Å². The highest BCUT2D eigenvalue weighted by Crippen LogP contribution is 2.29. The van der Waals surface area contributed by atoms with Gasteiger partial charge in [-0.15, -0.1) is 6.42 Å². The molecule has 0 saturated heterocycles. The van der Waals surface area contributed by atoms with Crippen molar-refractivity contribution in [3.8, 4) is 12.3 Å². The summed E-state index contributed by atoms with van der Waals surface area (Å²) in [5.74, 6) is -2.50. The quantitative estimate of drug-likeness (QED) is 0.292. The standard InChI is InChI=1S/C20H23N3O6/c1-5-14(17(27)21-12(11-24)10-16(25)26)22-18(28)19(29)23-15-9-7-6-8-13(15)20(2,3)4/h1,6-9,11-12,14H,10H2,2-4H3,(H,21,27)(H,22,28)(H,23,29)(H,25,26)/t12-,14-/m0/s1. The fraction of sp³-hybridized carbons (Fsp3) is 0.350. The molecule has 0 saturated carbocycles. The minimum Gasteiger partial charge on any atom is -0.481 e. The summed E-state index contributed by atoms with van der Waals surface area (Å²) in [7, 11) is 0. The minimum atomic E-state index is -1.57. The number of rotatable bonds is 7. The molecule has 0 aliphatic rings. The van der Waals surface area contributed by atoms with Crippen LogP contribution in [0.15, 0.2) is 24.3 Å². The first-order valence-electron chi connectivity index (χ1n) is 8.64. The smallest absolute Gasteiger partial charge is 0.313 e. The third-order valence-corrected chi connectivity index (χ3v) is 3.78. The van der Waals surface area contributed by atoms with E-state index in [1.54, 1.807) is 18.2 Å². The molecule has 3 amide bonds. The first kappa shape index (κ1) is 23.4. The van der Waals surface area contributed by atoms with Crippen molar-refractivity contribution >= 4 is 35.7 Å². The molecule has 2 atom stereocenters. The molecule has 1 aromatic carbocycles. The predicted molar refractivity (Wildman–Crippen MR) is 105 cm³/mol. The van der Waals surface area contributed by atoms with E-state index in [9.17, 15) is 24.0 Å². The Morgan fingerprint density at radius 3 is 2.28 bits per heavy atom. The van der Waals surface area contributed by atoms with Gasteiger partial charge in [0, 0.05) is 5.69 Å². The summed E-state index contributed by atoms with van der Waals surface area (Å²) in [4.78, 5) is 58.0. The van der Waals surface area contributed by atoms with Gasteiger partial charge in [0.25, 0.3) is 5.91 Å². The van der Waals surface area contributed by atoms with Crippen molar-refractivity contribution in [1.82, 2.24) is 10.6 Å². The molecule has 1 aromatic rings. The van der Waals surface area contributed by atoms with E-state index in [2.05, 4.69) is 16.0 Å². The summed E-state index contributed by atoms with van der Waals surface area (Å²) in [5, 5.41) is 15.3. The van der Waals surface area contributed by atoms with Crippen molar-refractivity contribution in [2.45, 2.75) is 44.7 Å². The number of anilines is 1. The lowest BCUT2D eigenvalue weighted by Crippen LogP contribution is -2.51. The molecular formula is C20H23N3O6. The second-order valence-electron chi connectivity index (χ2n) is 7.17. The molecule has 0 bridgehead atoms. The van der Waals surface area contributed by atoms with Crippen molar-refractivity contribution in [2.24, 2.45) is 0 Å². The van der Waals surface area contributed by atoms with Gasteiger partial charge in [-0.05, 0) is 17.0 Å². The summed E-state index contributed by atoms with van der Waals surface area (Å²) in [6.45, 7) is 5.83. The third kappa shape index (κ3) is 7.10. The number of para-hydroxylation sites is 1. The molecule has 0 spiro atoms. The van der Waals surface area contributed by atoms with Gasteiger partial charge in [-0.25, -0.2) is 0 Å². The zero-order valence-corrected chi connectivity index (χ0v) is 16.3. The van der Waals surface area contributed by atoms with Crippen LogP contribution >= 0.6 is 0 Å². The van der Waals surface area contributed by atoms with Gasteiger partial charge < -0.3 is 25.9 Å². The van der Waals surface area contributed by atoms with Gasteiger partial charge >= 0.3 is 17.8 Å². The Labute approximate surface area is 168 Å². The molecule has 1 rings (SSSR count). The Bertz CT molecular complexity index is 851. The normalized spacial score (nSPS) is 12.6. The van der Waals surface area contributed by atoms with E-state index in [4.69, 9.17) is 11.5 Å². The predicted octanol–water partition coefficient (Wildman–Crippen LogP) is 0.199. The number of carbonyl (C=O) groups is 5. The number of aliphatic carboxylic acids is 1. The Morgan fingerprint density at radius 2 is 1.76 bits per heavy atom. The van der Waals surface area contributed by atoms with Crippen molar-refractivity contribution < 1.29 is 29.1 Å². The Kier molecular flexibility index (Phi) is 8.09. The van der Waals surface area contributed by atoms with Crippen molar-refractivity contribution in [3.05, 3.63) is 29.8 Å². The number of terminal acetylenes is 1. The van der Waals surface area contributed by atoms with Gasteiger partial charge in [-0.1, -0.05) is 44.9 Å². The number of carboxylic acid groups (broad SMARTS) is 1. The molecule has 0 unspecified atom stereocenters. The molecule has 154 valence electrons. The van der Waals surface area contributed by atoms with Gasteiger partial charge in [-0.3, -0.25) is 19.2 Å². The lowest BCUT2D eigenvalue weighted by atomic mass is 9.86. The van der Waals surface area contributed by atoms with Gasteiger partial charge in [-0.2, -0.15) is 0 Å². The number of hydrogen-bond donors (Lipinski definition) is 4. The third-order valence-electron chi connectivity index (χ3n) is 3.78. The highest BCUT2D eigenvalue weighted by molar-refractivity contribution is 6.40. The van der Waals surface area contributed by atoms with E-state index in [-0.39, 0.29) is 11.7 Å². The molecule has 0 aliphatic carbocycles. The summed E-state index contributed by atoms with van der Waals surface area (Å²) >= 11 is 0. The minimum absolute atomic E-state index is 0.234. The summed E-state index contributed by atoms with van der Waals surface area (Å²) in [6.07, 6.45) is 4.80. The number of carboxylic acids is 1.